The fourth-order valence-electron chi connectivity index (χ4n) is 3.81. The van der Waals surface area contributed by atoms with E-state index >= 15 is 0 Å². The van der Waals surface area contributed by atoms with Crippen molar-refractivity contribution in [1.29, 1.82) is 0 Å². The number of esters is 1. The van der Waals surface area contributed by atoms with Gasteiger partial charge in [-0.15, -0.1) is 0 Å². The van der Waals surface area contributed by atoms with E-state index in [1.807, 2.05) is 4.90 Å². The summed E-state index contributed by atoms with van der Waals surface area (Å²) in [7, 11) is -3.81. The van der Waals surface area contributed by atoms with Crippen LogP contribution in [0.5, 0.6) is 0 Å². The van der Waals surface area contributed by atoms with Gasteiger partial charge in [-0.1, -0.05) is 19.8 Å². The highest BCUT2D eigenvalue weighted by Gasteiger charge is 2.33. The van der Waals surface area contributed by atoms with Gasteiger partial charge < -0.3 is 19.4 Å². The molecule has 0 spiro atoms. The molecule has 2 aliphatic rings. The highest BCUT2D eigenvalue weighted by molar-refractivity contribution is 7.89. The van der Waals surface area contributed by atoms with Crippen molar-refractivity contribution in [3.63, 3.8) is 0 Å². The van der Waals surface area contributed by atoms with E-state index in [1.54, 1.807) is 6.92 Å². The largest absolute Gasteiger partial charge is 0.460 e. The van der Waals surface area contributed by atoms with Crippen LogP contribution in [-0.4, -0.2) is 67.5 Å². The van der Waals surface area contributed by atoms with Gasteiger partial charge >= 0.3 is 5.97 Å². The average molecular weight is 444 g/mol. The third-order valence-corrected chi connectivity index (χ3v) is 7.75. The van der Waals surface area contributed by atoms with E-state index in [1.165, 1.54) is 35.7 Å². The molecule has 8 nitrogen and oxygen atoms in total. The lowest BCUT2D eigenvalue weighted by Gasteiger charge is -2.38. The van der Waals surface area contributed by atoms with Crippen LogP contribution in [0.15, 0.2) is 21.6 Å². The van der Waals surface area contributed by atoms with E-state index in [-0.39, 0.29) is 17.5 Å². The summed E-state index contributed by atoms with van der Waals surface area (Å²) >= 11 is 5.57. The SMILES string of the molecule is CCOC(=O)c1ccc(S(=O)(=O)N2CCN(C(=S)NC3CCCCC3C)CC2)o1. The normalized spacial score (nSPS) is 23.6. The number of furan rings is 1. The number of nitrogens with one attached hydrogen (secondary N) is 1. The molecule has 29 heavy (non-hydrogen) atoms. The quantitative estimate of drug-likeness (QED) is 0.547. The van der Waals surface area contributed by atoms with Crippen molar-refractivity contribution < 1.29 is 22.4 Å². The van der Waals surface area contributed by atoms with Crippen molar-refractivity contribution in [3.8, 4) is 0 Å². The molecule has 2 heterocycles. The lowest BCUT2D eigenvalue weighted by Crippen LogP contribution is -2.55. The van der Waals surface area contributed by atoms with Gasteiger partial charge in [-0.2, -0.15) is 4.31 Å². The summed E-state index contributed by atoms with van der Waals surface area (Å²) in [5.41, 5.74) is 0. The predicted molar refractivity (Wildman–Crippen MR) is 112 cm³/mol. The number of hydrogen-bond acceptors (Lipinski definition) is 6. The maximum atomic E-state index is 12.8. The molecule has 2 atom stereocenters. The summed E-state index contributed by atoms with van der Waals surface area (Å²) in [5.74, 6) is -0.195. The minimum absolute atomic E-state index is 0.115. The molecule has 0 amide bonds. The zero-order valence-corrected chi connectivity index (χ0v) is 18.6. The Morgan fingerprint density at radius 1 is 1.24 bits per heavy atom. The Bertz CT molecular complexity index is 831. The van der Waals surface area contributed by atoms with Crippen LogP contribution >= 0.6 is 12.2 Å². The van der Waals surface area contributed by atoms with Crippen LogP contribution in [0.2, 0.25) is 0 Å². The minimum Gasteiger partial charge on any atom is -0.460 e. The van der Waals surface area contributed by atoms with Gasteiger partial charge in [0.25, 0.3) is 10.0 Å². The summed E-state index contributed by atoms with van der Waals surface area (Å²) in [5, 5.41) is 3.92. The summed E-state index contributed by atoms with van der Waals surface area (Å²) in [4.78, 5) is 13.7. The number of carbonyl (C=O) groups is 1. The van der Waals surface area contributed by atoms with Crippen LogP contribution in [0.3, 0.4) is 0 Å². The van der Waals surface area contributed by atoms with Gasteiger partial charge in [0.15, 0.2) is 5.11 Å². The second-order valence-corrected chi connectivity index (χ2v) is 9.80. The van der Waals surface area contributed by atoms with Gasteiger partial charge in [0.2, 0.25) is 10.9 Å². The Labute approximate surface area is 177 Å². The standard InChI is InChI=1S/C19H29N3O5S2/c1-3-26-18(23)16-8-9-17(27-16)29(24,25)22-12-10-21(11-13-22)19(28)20-15-7-5-4-6-14(15)2/h8-9,14-15H,3-7,10-13H2,1-2H3,(H,20,28). The molecule has 1 N–H and O–H groups in total. The number of sulfonamides is 1. The smallest absolute Gasteiger partial charge is 0.374 e. The zero-order valence-electron chi connectivity index (χ0n) is 16.9. The van der Waals surface area contributed by atoms with E-state index < -0.39 is 16.0 Å². The molecule has 1 aliphatic heterocycles. The van der Waals surface area contributed by atoms with Crippen LogP contribution in [0.1, 0.15) is 50.1 Å². The molecule has 162 valence electrons. The Morgan fingerprint density at radius 2 is 1.93 bits per heavy atom. The fraction of sp³-hybridized carbons (Fsp3) is 0.684. The first-order valence-corrected chi connectivity index (χ1v) is 12.0. The second kappa shape index (κ2) is 9.44. The van der Waals surface area contributed by atoms with Crippen molar-refractivity contribution in [2.24, 2.45) is 5.92 Å². The minimum atomic E-state index is -3.81. The number of piperazine rings is 1. The highest BCUT2D eigenvalue weighted by Crippen LogP contribution is 2.24. The molecule has 0 radical (unpaired) electrons. The Balaban J connectivity index is 1.56. The molecular weight excluding hydrogens is 414 g/mol. The molecule has 1 saturated heterocycles. The van der Waals surface area contributed by atoms with Crippen molar-refractivity contribution in [2.75, 3.05) is 32.8 Å². The van der Waals surface area contributed by atoms with E-state index in [2.05, 4.69) is 12.2 Å². The Kier molecular flexibility index (Phi) is 7.18. The highest BCUT2D eigenvalue weighted by atomic mass is 32.2. The maximum Gasteiger partial charge on any atom is 0.374 e. The lowest BCUT2D eigenvalue weighted by atomic mass is 9.86. The molecule has 0 aromatic carbocycles. The van der Waals surface area contributed by atoms with E-state index in [4.69, 9.17) is 21.4 Å². The third kappa shape index (κ3) is 5.10. The monoisotopic (exact) mass is 443 g/mol. The van der Waals surface area contributed by atoms with Gasteiger partial charge in [0.05, 0.1) is 6.61 Å². The summed E-state index contributed by atoms with van der Waals surface area (Å²) < 4.78 is 37.1. The van der Waals surface area contributed by atoms with Gasteiger partial charge in [-0.3, -0.25) is 0 Å². The van der Waals surface area contributed by atoms with Crippen molar-refractivity contribution in [3.05, 3.63) is 17.9 Å². The van der Waals surface area contributed by atoms with Crippen LogP contribution < -0.4 is 5.32 Å². The van der Waals surface area contributed by atoms with E-state index in [9.17, 15) is 13.2 Å². The van der Waals surface area contributed by atoms with Gasteiger partial charge in [-0.25, -0.2) is 13.2 Å². The fourth-order valence-corrected chi connectivity index (χ4v) is 5.48. The first-order valence-electron chi connectivity index (χ1n) is 10.2. The predicted octanol–water partition coefficient (Wildman–Crippen LogP) is 2.22. The molecule has 1 aromatic rings. The maximum absolute atomic E-state index is 12.8. The Morgan fingerprint density at radius 3 is 2.59 bits per heavy atom. The molecule has 10 heteroatoms. The lowest BCUT2D eigenvalue weighted by molar-refractivity contribution is 0.0483. The summed E-state index contributed by atoms with van der Waals surface area (Å²) in [6.45, 7) is 5.75. The van der Waals surface area contributed by atoms with Crippen molar-refractivity contribution >= 4 is 33.3 Å². The number of hydrogen-bond donors (Lipinski definition) is 1. The van der Waals surface area contributed by atoms with Crippen LogP contribution in [-0.2, 0) is 14.8 Å². The first-order chi connectivity index (χ1) is 13.8. The molecule has 2 unspecified atom stereocenters. The first kappa shape index (κ1) is 22.0. The molecule has 1 aliphatic carbocycles. The summed E-state index contributed by atoms with van der Waals surface area (Å²) in [6, 6.07) is 3.01. The van der Waals surface area contributed by atoms with Crippen LogP contribution in [0.25, 0.3) is 0 Å². The number of carbonyl (C=O) groups excluding carboxylic acids is 1. The molecule has 1 aromatic heterocycles. The van der Waals surface area contributed by atoms with Crippen molar-refractivity contribution in [2.45, 2.75) is 50.7 Å². The summed E-state index contributed by atoms with van der Waals surface area (Å²) in [6.07, 6.45) is 4.82. The van der Waals surface area contributed by atoms with Crippen molar-refractivity contribution in [1.82, 2.24) is 14.5 Å². The molecule has 0 bridgehead atoms. The molecule has 2 fully saturated rings. The number of ether oxygens (including phenoxy) is 1. The van der Waals surface area contributed by atoms with Crippen LogP contribution in [0.4, 0.5) is 0 Å². The van der Waals surface area contributed by atoms with Crippen LogP contribution in [0, 0.1) is 5.92 Å². The van der Waals surface area contributed by atoms with E-state index in [0.29, 0.717) is 43.3 Å². The third-order valence-electron chi connectivity index (χ3n) is 5.60. The second-order valence-electron chi connectivity index (χ2n) is 7.55. The molecular formula is C19H29N3O5S2. The molecule has 3 rings (SSSR count). The molecule has 1 saturated carbocycles. The van der Waals surface area contributed by atoms with Gasteiger partial charge in [-0.05, 0) is 50.0 Å². The topological polar surface area (TPSA) is 92.1 Å². The van der Waals surface area contributed by atoms with E-state index in [0.717, 1.165) is 6.42 Å². The average Bonchev–Trinajstić information content (AvgIpc) is 3.21. The number of nitrogens with zero attached hydrogens (tertiary/aromatic N) is 2. The Hall–Kier alpha value is -1.65. The zero-order chi connectivity index (χ0) is 21.0. The van der Waals surface area contributed by atoms with Gasteiger partial charge in [0.1, 0.15) is 0 Å². The number of rotatable bonds is 5. The van der Waals surface area contributed by atoms with Gasteiger partial charge in [0, 0.05) is 32.2 Å². The number of thiocarbonyl (C=S) groups is 1.